The molecule has 0 aromatic heterocycles. The number of hydrogen-bond acceptors (Lipinski definition) is 2. The van der Waals surface area contributed by atoms with Crippen LogP contribution in [0.2, 0.25) is 0 Å². The Labute approximate surface area is 75.5 Å². The molecule has 1 fully saturated rings. The average molecular weight is 171 g/mol. The van der Waals surface area contributed by atoms with Crippen molar-refractivity contribution in [2.45, 2.75) is 44.6 Å². The summed E-state index contributed by atoms with van der Waals surface area (Å²) in [5, 5.41) is 0. The van der Waals surface area contributed by atoms with Crippen molar-refractivity contribution in [3.8, 4) is 0 Å². The Morgan fingerprint density at radius 3 is 2.75 bits per heavy atom. The van der Waals surface area contributed by atoms with E-state index in [-0.39, 0.29) is 5.60 Å². The van der Waals surface area contributed by atoms with Crippen LogP contribution in [-0.4, -0.2) is 19.3 Å². The third-order valence-electron chi connectivity index (χ3n) is 3.23. The van der Waals surface area contributed by atoms with Gasteiger partial charge in [0.1, 0.15) is 0 Å². The molecule has 2 unspecified atom stereocenters. The van der Waals surface area contributed by atoms with Crippen molar-refractivity contribution in [1.29, 1.82) is 0 Å². The second-order valence-corrected chi connectivity index (χ2v) is 4.13. The SMILES string of the molecule is COC1(CN)CCCC(C)CC1. The molecule has 1 aliphatic rings. The van der Waals surface area contributed by atoms with Gasteiger partial charge < -0.3 is 10.5 Å². The van der Waals surface area contributed by atoms with Crippen LogP contribution in [0.1, 0.15) is 39.0 Å². The Bertz CT molecular complexity index is 132. The predicted octanol–water partition coefficient (Wildman–Crippen LogP) is 1.93. The van der Waals surface area contributed by atoms with Crippen LogP contribution in [0.3, 0.4) is 0 Å². The van der Waals surface area contributed by atoms with Gasteiger partial charge in [0.25, 0.3) is 0 Å². The summed E-state index contributed by atoms with van der Waals surface area (Å²) in [6, 6.07) is 0. The van der Waals surface area contributed by atoms with E-state index in [0.717, 1.165) is 18.8 Å². The van der Waals surface area contributed by atoms with Crippen LogP contribution >= 0.6 is 0 Å². The molecule has 1 rings (SSSR count). The molecule has 0 amide bonds. The van der Waals surface area contributed by atoms with Crippen LogP contribution in [0.15, 0.2) is 0 Å². The molecule has 0 spiro atoms. The highest BCUT2D eigenvalue weighted by atomic mass is 16.5. The van der Waals surface area contributed by atoms with Gasteiger partial charge in [-0.25, -0.2) is 0 Å². The second kappa shape index (κ2) is 4.24. The summed E-state index contributed by atoms with van der Waals surface area (Å²) in [7, 11) is 1.79. The maximum absolute atomic E-state index is 5.74. The lowest BCUT2D eigenvalue weighted by molar-refractivity contribution is -0.0154. The Hall–Kier alpha value is -0.0800. The third-order valence-corrected chi connectivity index (χ3v) is 3.23. The quantitative estimate of drug-likeness (QED) is 0.644. The molecule has 0 aromatic carbocycles. The van der Waals surface area contributed by atoms with Crippen molar-refractivity contribution < 1.29 is 4.74 Å². The van der Waals surface area contributed by atoms with Gasteiger partial charge in [-0.3, -0.25) is 0 Å². The van der Waals surface area contributed by atoms with Gasteiger partial charge >= 0.3 is 0 Å². The lowest BCUT2D eigenvalue weighted by Crippen LogP contribution is -2.39. The summed E-state index contributed by atoms with van der Waals surface area (Å²) in [5.74, 6) is 0.855. The summed E-state index contributed by atoms with van der Waals surface area (Å²) in [5.41, 5.74) is 5.74. The largest absolute Gasteiger partial charge is 0.377 e. The summed E-state index contributed by atoms with van der Waals surface area (Å²) >= 11 is 0. The summed E-state index contributed by atoms with van der Waals surface area (Å²) < 4.78 is 5.53. The van der Waals surface area contributed by atoms with Crippen molar-refractivity contribution in [3.05, 3.63) is 0 Å². The molecule has 2 N–H and O–H groups in total. The minimum Gasteiger partial charge on any atom is -0.377 e. The lowest BCUT2D eigenvalue weighted by atomic mass is 9.94. The number of ether oxygens (including phenoxy) is 1. The standard InChI is InChI=1S/C10H21NO/c1-9-4-3-6-10(8-11,12-2)7-5-9/h9H,3-8,11H2,1-2H3. The predicted molar refractivity (Wildman–Crippen MR) is 51.0 cm³/mol. The van der Waals surface area contributed by atoms with E-state index in [2.05, 4.69) is 6.92 Å². The number of hydrogen-bond donors (Lipinski definition) is 1. The zero-order chi connectivity index (χ0) is 9.03. The molecule has 1 aliphatic carbocycles. The zero-order valence-electron chi connectivity index (χ0n) is 8.31. The first kappa shape index (κ1) is 10.0. The molecule has 0 heterocycles. The number of rotatable bonds is 2. The average Bonchev–Trinajstić information content (AvgIpc) is 2.28. The van der Waals surface area contributed by atoms with Crippen molar-refractivity contribution in [2.75, 3.05) is 13.7 Å². The van der Waals surface area contributed by atoms with E-state index in [9.17, 15) is 0 Å². The molecule has 0 aromatic rings. The molecule has 2 heteroatoms. The summed E-state index contributed by atoms with van der Waals surface area (Å²) in [6.07, 6.45) is 6.16. The Morgan fingerprint density at radius 1 is 1.42 bits per heavy atom. The lowest BCUT2D eigenvalue weighted by Gasteiger charge is -2.29. The van der Waals surface area contributed by atoms with Crippen LogP contribution in [-0.2, 0) is 4.74 Å². The van der Waals surface area contributed by atoms with Crippen molar-refractivity contribution >= 4 is 0 Å². The highest BCUT2D eigenvalue weighted by Crippen LogP contribution is 2.31. The van der Waals surface area contributed by atoms with E-state index in [1.807, 2.05) is 0 Å². The molecular formula is C10H21NO. The van der Waals surface area contributed by atoms with E-state index in [1.165, 1.54) is 19.3 Å². The number of methoxy groups -OCH3 is 1. The Morgan fingerprint density at radius 2 is 2.17 bits per heavy atom. The molecule has 0 saturated heterocycles. The molecule has 0 bridgehead atoms. The van der Waals surface area contributed by atoms with E-state index in [4.69, 9.17) is 10.5 Å². The first-order valence-electron chi connectivity index (χ1n) is 4.98. The maximum atomic E-state index is 5.74. The Balaban J connectivity index is 2.52. The topological polar surface area (TPSA) is 35.2 Å². The van der Waals surface area contributed by atoms with Gasteiger partial charge in [0.05, 0.1) is 5.60 Å². The van der Waals surface area contributed by atoms with Gasteiger partial charge in [-0.1, -0.05) is 19.8 Å². The molecule has 2 atom stereocenters. The first-order valence-corrected chi connectivity index (χ1v) is 4.98. The fraction of sp³-hybridized carbons (Fsp3) is 1.00. The highest BCUT2D eigenvalue weighted by Gasteiger charge is 2.30. The third kappa shape index (κ3) is 2.20. The highest BCUT2D eigenvalue weighted by molar-refractivity contribution is 4.84. The Kier molecular flexibility index (Phi) is 3.53. The molecule has 72 valence electrons. The fourth-order valence-corrected chi connectivity index (χ4v) is 2.04. The fourth-order valence-electron chi connectivity index (χ4n) is 2.04. The van der Waals surface area contributed by atoms with Crippen molar-refractivity contribution in [3.63, 3.8) is 0 Å². The van der Waals surface area contributed by atoms with Crippen LogP contribution in [0.25, 0.3) is 0 Å². The smallest absolute Gasteiger partial charge is 0.0800 e. The maximum Gasteiger partial charge on any atom is 0.0800 e. The van der Waals surface area contributed by atoms with Gasteiger partial charge in [-0.15, -0.1) is 0 Å². The van der Waals surface area contributed by atoms with Crippen LogP contribution in [0.4, 0.5) is 0 Å². The van der Waals surface area contributed by atoms with Gasteiger partial charge in [0.2, 0.25) is 0 Å². The van der Waals surface area contributed by atoms with Gasteiger partial charge in [0.15, 0.2) is 0 Å². The first-order chi connectivity index (χ1) is 5.72. The van der Waals surface area contributed by atoms with Crippen molar-refractivity contribution in [1.82, 2.24) is 0 Å². The minimum atomic E-state index is 0.00472. The molecule has 0 aliphatic heterocycles. The van der Waals surface area contributed by atoms with Crippen molar-refractivity contribution in [2.24, 2.45) is 11.7 Å². The van der Waals surface area contributed by atoms with E-state index in [1.54, 1.807) is 7.11 Å². The van der Waals surface area contributed by atoms with E-state index >= 15 is 0 Å². The number of nitrogens with two attached hydrogens (primary N) is 1. The van der Waals surface area contributed by atoms with Gasteiger partial charge in [0, 0.05) is 13.7 Å². The van der Waals surface area contributed by atoms with Crippen LogP contribution in [0.5, 0.6) is 0 Å². The van der Waals surface area contributed by atoms with Crippen LogP contribution < -0.4 is 5.73 Å². The van der Waals surface area contributed by atoms with E-state index < -0.39 is 0 Å². The summed E-state index contributed by atoms with van der Waals surface area (Å²) in [4.78, 5) is 0. The van der Waals surface area contributed by atoms with Crippen LogP contribution in [0, 0.1) is 5.92 Å². The molecular weight excluding hydrogens is 150 g/mol. The molecule has 1 saturated carbocycles. The van der Waals surface area contributed by atoms with Gasteiger partial charge in [-0.05, 0) is 25.2 Å². The molecule has 12 heavy (non-hydrogen) atoms. The molecule has 2 nitrogen and oxygen atoms in total. The minimum absolute atomic E-state index is 0.00472. The van der Waals surface area contributed by atoms with Gasteiger partial charge in [-0.2, -0.15) is 0 Å². The summed E-state index contributed by atoms with van der Waals surface area (Å²) in [6.45, 7) is 3.00. The van der Waals surface area contributed by atoms with E-state index in [0.29, 0.717) is 6.54 Å². The molecule has 0 radical (unpaired) electrons. The second-order valence-electron chi connectivity index (χ2n) is 4.13. The normalized spacial score (nSPS) is 37.8. The zero-order valence-corrected chi connectivity index (χ0v) is 8.31. The monoisotopic (exact) mass is 171 g/mol.